The van der Waals surface area contributed by atoms with Gasteiger partial charge in [-0.3, -0.25) is 9.59 Å². The molecular formula is C20H19N3O2S2. The molecule has 0 saturated carbocycles. The van der Waals surface area contributed by atoms with Gasteiger partial charge >= 0.3 is 0 Å². The molecule has 0 bridgehead atoms. The fourth-order valence-corrected chi connectivity index (χ4v) is 4.28. The van der Waals surface area contributed by atoms with E-state index in [0.717, 1.165) is 11.1 Å². The fourth-order valence-electron chi connectivity index (χ4n) is 2.46. The Morgan fingerprint density at radius 3 is 2.37 bits per heavy atom. The van der Waals surface area contributed by atoms with Gasteiger partial charge in [0.25, 0.3) is 0 Å². The number of nitrogens with one attached hydrogen (secondary N) is 1. The molecule has 1 aromatic heterocycles. The number of thiazole rings is 1. The summed E-state index contributed by atoms with van der Waals surface area (Å²) in [7, 11) is 0. The lowest BCUT2D eigenvalue weighted by Crippen LogP contribution is -2.12. The van der Waals surface area contributed by atoms with E-state index >= 15 is 0 Å². The standard InChI is InChI=1S/C20H19N3O2S2/c21-16(24)13-26-20-23-18(15-9-5-2-6-10-15)19(27-20)22-17(25)12-11-14-7-3-1-4-8-14/h1-10H,11-13H2,(H2,21,24)(H,22,25). The molecule has 2 amide bonds. The summed E-state index contributed by atoms with van der Waals surface area (Å²) >= 11 is 2.64. The van der Waals surface area contributed by atoms with E-state index in [0.29, 0.717) is 27.9 Å². The van der Waals surface area contributed by atoms with Gasteiger partial charge in [-0.25, -0.2) is 4.98 Å². The van der Waals surface area contributed by atoms with Crippen LogP contribution in [0.15, 0.2) is 65.0 Å². The highest BCUT2D eigenvalue weighted by Crippen LogP contribution is 2.37. The highest BCUT2D eigenvalue weighted by Gasteiger charge is 2.16. The third-order valence-corrected chi connectivity index (χ3v) is 5.87. The third kappa shape index (κ3) is 5.67. The maximum absolute atomic E-state index is 12.4. The fraction of sp³-hybridized carbons (Fsp3) is 0.150. The average Bonchev–Trinajstić information content (AvgIpc) is 3.09. The van der Waals surface area contributed by atoms with E-state index in [2.05, 4.69) is 10.3 Å². The van der Waals surface area contributed by atoms with Crippen LogP contribution >= 0.6 is 23.1 Å². The molecule has 7 heteroatoms. The molecule has 0 fully saturated rings. The molecule has 0 radical (unpaired) electrons. The van der Waals surface area contributed by atoms with E-state index in [1.165, 1.54) is 23.1 Å². The van der Waals surface area contributed by atoms with Gasteiger partial charge in [0.15, 0.2) is 4.34 Å². The maximum atomic E-state index is 12.4. The number of rotatable bonds is 8. The molecule has 27 heavy (non-hydrogen) atoms. The lowest BCUT2D eigenvalue weighted by molar-refractivity contribution is -0.116. The summed E-state index contributed by atoms with van der Waals surface area (Å²) in [6.07, 6.45) is 1.06. The van der Waals surface area contributed by atoms with Gasteiger partial charge in [-0.1, -0.05) is 83.8 Å². The van der Waals surface area contributed by atoms with Crippen LogP contribution in [0.25, 0.3) is 11.3 Å². The van der Waals surface area contributed by atoms with E-state index in [-0.39, 0.29) is 11.7 Å². The normalized spacial score (nSPS) is 10.5. The number of hydrogen-bond acceptors (Lipinski definition) is 5. The van der Waals surface area contributed by atoms with E-state index in [9.17, 15) is 9.59 Å². The first-order valence-electron chi connectivity index (χ1n) is 8.43. The maximum Gasteiger partial charge on any atom is 0.227 e. The lowest BCUT2D eigenvalue weighted by Gasteiger charge is -2.05. The molecule has 0 aliphatic carbocycles. The van der Waals surface area contributed by atoms with Crippen LogP contribution in [0.5, 0.6) is 0 Å². The molecule has 0 atom stereocenters. The van der Waals surface area contributed by atoms with E-state index in [1.807, 2.05) is 60.7 Å². The molecule has 0 saturated heterocycles. The molecule has 5 nitrogen and oxygen atoms in total. The van der Waals surface area contributed by atoms with Gasteiger partial charge in [-0.2, -0.15) is 0 Å². The number of aromatic nitrogens is 1. The van der Waals surface area contributed by atoms with Crippen LogP contribution in [0.4, 0.5) is 5.00 Å². The van der Waals surface area contributed by atoms with Crippen molar-refractivity contribution in [1.82, 2.24) is 4.98 Å². The Morgan fingerprint density at radius 1 is 1.04 bits per heavy atom. The molecular weight excluding hydrogens is 378 g/mol. The van der Waals surface area contributed by atoms with Gasteiger partial charge < -0.3 is 11.1 Å². The third-order valence-electron chi connectivity index (χ3n) is 3.73. The Bertz CT molecular complexity index is 911. The predicted molar refractivity (Wildman–Crippen MR) is 111 cm³/mol. The summed E-state index contributed by atoms with van der Waals surface area (Å²) in [5, 5.41) is 3.66. The molecule has 0 spiro atoms. The quantitative estimate of drug-likeness (QED) is 0.564. The second-order valence-corrected chi connectivity index (χ2v) is 8.03. The number of carbonyl (C=O) groups is 2. The van der Waals surface area contributed by atoms with Crippen molar-refractivity contribution < 1.29 is 9.59 Å². The van der Waals surface area contributed by atoms with Crippen LogP contribution in [-0.4, -0.2) is 22.6 Å². The first-order valence-corrected chi connectivity index (χ1v) is 10.2. The van der Waals surface area contributed by atoms with Crippen LogP contribution in [0.1, 0.15) is 12.0 Å². The zero-order chi connectivity index (χ0) is 19.1. The largest absolute Gasteiger partial charge is 0.369 e. The van der Waals surface area contributed by atoms with Crippen molar-refractivity contribution >= 4 is 39.9 Å². The SMILES string of the molecule is NC(=O)CSc1nc(-c2ccccc2)c(NC(=O)CCc2ccccc2)s1. The average molecular weight is 398 g/mol. The molecule has 138 valence electrons. The van der Waals surface area contributed by atoms with Crippen molar-refractivity contribution in [2.24, 2.45) is 5.73 Å². The minimum Gasteiger partial charge on any atom is -0.369 e. The molecule has 2 aromatic carbocycles. The second-order valence-electron chi connectivity index (χ2n) is 5.81. The summed E-state index contributed by atoms with van der Waals surface area (Å²) < 4.78 is 0.700. The molecule has 3 rings (SSSR count). The van der Waals surface area contributed by atoms with Crippen molar-refractivity contribution in [3.8, 4) is 11.3 Å². The van der Waals surface area contributed by atoms with Crippen molar-refractivity contribution in [2.75, 3.05) is 11.1 Å². The summed E-state index contributed by atoms with van der Waals surface area (Å²) in [6.45, 7) is 0. The van der Waals surface area contributed by atoms with Crippen LogP contribution in [0.3, 0.4) is 0 Å². The first-order chi connectivity index (χ1) is 13.1. The van der Waals surface area contributed by atoms with Crippen LogP contribution < -0.4 is 11.1 Å². The first kappa shape index (κ1) is 19.1. The van der Waals surface area contributed by atoms with Gasteiger partial charge in [-0.05, 0) is 12.0 Å². The molecule has 0 aliphatic rings. The summed E-state index contributed by atoms with van der Waals surface area (Å²) in [6, 6.07) is 19.6. The number of carbonyl (C=O) groups excluding carboxylic acids is 2. The zero-order valence-corrected chi connectivity index (χ0v) is 16.2. The Hall–Kier alpha value is -2.64. The zero-order valence-electron chi connectivity index (χ0n) is 14.6. The number of benzene rings is 2. The predicted octanol–water partition coefficient (Wildman–Crippen LogP) is 3.96. The van der Waals surface area contributed by atoms with Crippen molar-refractivity contribution in [2.45, 2.75) is 17.2 Å². The van der Waals surface area contributed by atoms with Crippen LogP contribution in [0, 0.1) is 0 Å². The van der Waals surface area contributed by atoms with Crippen LogP contribution in [-0.2, 0) is 16.0 Å². The number of anilines is 1. The van der Waals surface area contributed by atoms with E-state index in [4.69, 9.17) is 5.73 Å². The van der Waals surface area contributed by atoms with Crippen molar-refractivity contribution in [1.29, 1.82) is 0 Å². The summed E-state index contributed by atoms with van der Waals surface area (Å²) in [4.78, 5) is 28.1. The van der Waals surface area contributed by atoms with Crippen molar-refractivity contribution in [3.63, 3.8) is 0 Å². The summed E-state index contributed by atoms with van der Waals surface area (Å²) in [5.74, 6) is -0.306. The number of nitrogens with two attached hydrogens (primary N) is 1. The number of thioether (sulfide) groups is 1. The van der Waals surface area contributed by atoms with Gasteiger partial charge in [0.2, 0.25) is 11.8 Å². The van der Waals surface area contributed by atoms with Gasteiger partial charge in [0, 0.05) is 12.0 Å². The molecule has 0 aliphatic heterocycles. The number of aryl methyl sites for hydroxylation is 1. The van der Waals surface area contributed by atoms with Gasteiger partial charge in [0.05, 0.1) is 5.75 Å². The van der Waals surface area contributed by atoms with Gasteiger partial charge in [-0.15, -0.1) is 0 Å². The highest BCUT2D eigenvalue weighted by atomic mass is 32.2. The topological polar surface area (TPSA) is 85.1 Å². The molecule has 3 N–H and O–H groups in total. The Labute approximate surface area is 166 Å². The van der Waals surface area contributed by atoms with E-state index in [1.54, 1.807) is 0 Å². The number of hydrogen-bond donors (Lipinski definition) is 2. The molecule has 3 aromatic rings. The minimum absolute atomic E-state index is 0.0638. The van der Waals surface area contributed by atoms with E-state index < -0.39 is 5.91 Å². The van der Waals surface area contributed by atoms with Gasteiger partial charge in [0.1, 0.15) is 10.7 Å². The number of primary amides is 1. The molecule has 0 unspecified atom stereocenters. The number of amides is 2. The number of nitrogens with zero attached hydrogens (tertiary/aromatic N) is 1. The smallest absolute Gasteiger partial charge is 0.227 e. The monoisotopic (exact) mass is 397 g/mol. The Morgan fingerprint density at radius 2 is 1.70 bits per heavy atom. The minimum atomic E-state index is -0.398. The second kappa shape index (κ2) is 9.34. The summed E-state index contributed by atoms with van der Waals surface area (Å²) in [5.41, 5.74) is 7.97. The highest BCUT2D eigenvalue weighted by molar-refractivity contribution is 8.01. The Kier molecular flexibility index (Phi) is 6.62. The molecule has 1 heterocycles. The van der Waals surface area contributed by atoms with Crippen LogP contribution in [0.2, 0.25) is 0 Å². The Balaban J connectivity index is 1.74. The van der Waals surface area contributed by atoms with Crippen molar-refractivity contribution in [3.05, 3.63) is 66.2 Å². The lowest BCUT2D eigenvalue weighted by atomic mass is 10.1.